The summed E-state index contributed by atoms with van der Waals surface area (Å²) in [6.45, 7) is 1.34. The fourth-order valence-corrected chi connectivity index (χ4v) is 2.18. The first kappa shape index (κ1) is 18.6. The second-order valence-electron chi connectivity index (χ2n) is 4.83. The van der Waals surface area contributed by atoms with Crippen LogP contribution in [0.25, 0.3) is 0 Å². The summed E-state index contributed by atoms with van der Waals surface area (Å²) in [5.41, 5.74) is -0.305. The number of hydrogen-bond acceptors (Lipinski definition) is 6. The number of nitro benzene ring substituents is 1. The molecule has 0 radical (unpaired) electrons. The van der Waals surface area contributed by atoms with Crippen molar-refractivity contribution >= 4 is 46.6 Å². The Morgan fingerprint density at radius 2 is 2.04 bits per heavy atom. The number of nitrogens with one attached hydrogen (secondary N) is 1. The number of nitrogens with zero attached hydrogens (tertiary/aromatic N) is 2. The van der Waals surface area contributed by atoms with Crippen LogP contribution >= 0.6 is 23.2 Å². The lowest BCUT2D eigenvalue weighted by atomic mass is 10.2. The van der Waals surface area contributed by atoms with Crippen LogP contribution in [0.4, 0.5) is 11.5 Å². The minimum atomic E-state index is -1.18. The molecule has 0 spiro atoms. The second-order valence-corrected chi connectivity index (χ2v) is 5.67. The van der Waals surface area contributed by atoms with Gasteiger partial charge in [0.05, 0.1) is 20.5 Å². The maximum atomic E-state index is 12.1. The van der Waals surface area contributed by atoms with Crippen molar-refractivity contribution in [2.24, 2.45) is 0 Å². The van der Waals surface area contributed by atoms with Crippen LogP contribution in [0.3, 0.4) is 0 Å². The molecular formula is C15H11Cl2N3O5. The van der Waals surface area contributed by atoms with E-state index in [0.717, 1.165) is 6.07 Å². The molecule has 1 amide bonds. The largest absolute Gasteiger partial charge is 0.449 e. The summed E-state index contributed by atoms with van der Waals surface area (Å²) in [7, 11) is 0. The van der Waals surface area contributed by atoms with E-state index in [-0.39, 0.29) is 22.1 Å². The molecule has 0 saturated heterocycles. The Morgan fingerprint density at radius 1 is 1.32 bits per heavy atom. The number of carbonyl (C=O) groups is 2. The molecule has 130 valence electrons. The highest BCUT2D eigenvalue weighted by Gasteiger charge is 2.21. The number of ether oxygens (including phenoxy) is 1. The van der Waals surface area contributed by atoms with E-state index < -0.39 is 22.9 Å². The molecule has 0 unspecified atom stereocenters. The number of benzene rings is 1. The Morgan fingerprint density at radius 3 is 2.68 bits per heavy atom. The Kier molecular flexibility index (Phi) is 5.89. The average Bonchev–Trinajstić information content (AvgIpc) is 2.57. The van der Waals surface area contributed by atoms with Gasteiger partial charge in [-0.25, -0.2) is 9.78 Å². The molecule has 0 aliphatic rings. The number of halogens is 2. The monoisotopic (exact) mass is 383 g/mol. The molecule has 1 aromatic carbocycles. The highest BCUT2D eigenvalue weighted by Crippen LogP contribution is 2.23. The van der Waals surface area contributed by atoms with Gasteiger partial charge in [0.25, 0.3) is 11.6 Å². The topological polar surface area (TPSA) is 111 Å². The summed E-state index contributed by atoms with van der Waals surface area (Å²) >= 11 is 11.6. The Labute approximate surface area is 151 Å². The maximum Gasteiger partial charge on any atom is 0.339 e. The average molecular weight is 384 g/mol. The van der Waals surface area contributed by atoms with Crippen molar-refractivity contribution in [3.05, 3.63) is 62.3 Å². The predicted octanol–water partition coefficient (Wildman–Crippen LogP) is 3.48. The van der Waals surface area contributed by atoms with Crippen LogP contribution in [0.5, 0.6) is 0 Å². The van der Waals surface area contributed by atoms with Gasteiger partial charge in [0.1, 0.15) is 0 Å². The summed E-state index contributed by atoms with van der Waals surface area (Å²) < 4.78 is 5.00. The van der Waals surface area contributed by atoms with Gasteiger partial charge < -0.3 is 10.1 Å². The Hall–Kier alpha value is -2.71. The van der Waals surface area contributed by atoms with E-state index in [9.17, 15) is 19.7 Å². The summed E-state index contributed by atoms with van der Waals surface area (Å²) in [4.78, 5) is 38.0. The molecule has 8 nitrogen and oxygen atoms in total. The van der Waals surface area contributed by atoms with Gasteiger partial charge in [-0.15, -0.1) is 0 Å². The highest BCUT2D eigenvalue weighted by molar-refractivity contribution is 6.36. The van der Waals surface area contributed by atoms with E-state index in [0.29, 0.717) is 5.02 Å². The van der Waals surface area contributed by atoms with Crippen LogP contribution in [-0.4, -0.2) is 27.9 Å². The van der Waals surface area contributed by atoms with Gasteiger partial charge in [-0.1, -0.05) is 29.3 Å². The fourth-order valence-electron chi connectivity index (χ4n) is 1.75. The van der Waals surface area contributed by atoms with Gasteiger partial charge in [-0.3, -0.25) is 14.9 Å². The van der Waals surface area contributed by atoms with E-state index in [1.807, 2.05) is 0 Å². The zero-order valence-electron chi connectivity index (χ0n) is 12.7. The molecule has 2 rings (SSSR count). The molecule has 0 aliphatic heterocycles. The van der Waals surface area contributed by atoms with Gasteiger partial charge in [-0.05, 0) is 19.1 Å². The van der Waals surface area contributed by atoms with Gasteiger partial charge in [0.15, 0.2) is 11.9 Å². The summed E-state index contributed by atoms with van der Waals surface area (Å²) in [6, 6.07) is 6.38. The summed E-state index contributed by atoms with van der Waals surface area (Å²) in [5.74, 6) is -1.48. The second kappa shape index (κ2) is 7.91. The number of esters is 1. The van der Waals surface area contributed by atoms with Gasteiger partial charge in [0, 0.05) is 18.3 Å². The lowest BCUT2D eigenvalue weighted by Crippen LogP contribution is -2.30. The third kappa shape index (κ3) is 4.88. The Bertz CT molecular complexity index is 844. The fraction of sp³-hybridized carbons (Fsp3) is 0.133. The molecule has 1 heterocycles. The van der Waals surface area contributed by atoms with Crippen molar-refractivity contribution in [3.8, 4) is 0 Å². The molecule has 0 fully saturated rings. The molecule has 1 aromatic heterocycles. The van der Waals surface area contributed by atoms with Gasteiger partial charge in [-0.2, -0.15) is 0 Å². The molecule has 10 heteroatoms. The van der Waals surface area contributed by atoms with Crippen LogP contribution < -0.4 is 5.32 Å². The minimum absolute atomic E-state index is 0.0449. The van der Waals surface area contributed by atoms with E-state index in [2.05, 4.69) is 10.3 Å². The SMILES string of the molecule is C[C@@H](OC(=O)c1cccc([N+](=O)[O-])c1)C(=O)Nc1ncc(Cl)cc1Cl. The smallest absolute Gasteiger partial charge is 0.339 e. The van der Waals surface area contributed by atoms with Crippen LogP contribution in [0.15, 0.2) is 36.5 Å². The van der Waals surface area contributed by atoms with E-state index >= 15 is 0 Å². The normalized spacial score (nSPS) is 11.5. The number of nitro groups is 1. The van der Waals surface area contributed by atoms with Crippen LogP contribution in [-0.2, 0) is 9.53 Å². The molecule has 0 bridgehead atoms. The van der Waals surface area contributed by atoms with Crippen molar-refractivity contribution in [1.82, 2.24) is 4.98 Å². The third-order valence-electron chi connectivity index (χ3n) is 3.00. The quantitative estimate of drug-likeness (QED) is 0.480. The number of anilines is 1. The molecule has 25 heavy (non-hydrogen) atoms. The molecule has 1 atom stereocenters. The minimum Gasteiger partial charge on any atom is -0.449 e. The van der Waals surface area contributed by atoms with Crippen LogP contribution in [0, 0.1) is 10.1 Å². The van der Waals surface area contributed by atoms with Crippen molar-refractivity contribution in [2.45, 2.75) is 13.0 Å². The number of hydrogen-bond donors (Lipinski definition) is 1. The van der Waals surface area contributed by atoms with Gasteiger partial charge >= 0.3 is 5.97 Å². The zero-order chi connectivity index (χ0) is 18.6. The van der Waals surface area contributed by atoms with Crippen LogP contribution in [0.2, 0.25) is 10.0 Å². The standard InChI is InChI=1S/C15H11Cl2N3O5/c1-8(14(21)19-13-12(17)6-10(16)7-18-13)25-15(22)9-3-2-4-11(5-9)20(23)24/h2-8H,1H3,(H,18,19,21)/t8-/m1/s1. The number of rotatable bonds is 5. The first-order valence-corrected chi connectivity index (χ1v) is 7.61. The molecule has 0 aliphatic carbocycles. The highest BCUT2D eigenvalue weighted by atomic mass is 35.5. The van der Waals surface area contributed by atoms with Crippen molar-refractivity contribution in [3.63, 3.8) is 0 Å². The predicted molar refractivity (Wildman–Crippen MR) is 90.9 cm³/mol. The molecular weight excluding hydrogens is 373 g/mol. The maximum absolute atomic E-state index is 12.1. The number of aromatic nitrogens is 1. The lowest BCUT2D eigenvalue weighted by molar-refractivity contribution is -0.384. The third-order valence-corrected chi connectivity index (χ3v) is 3.49. The number of carbonyl (C=O) groups excluding carboxylic acids is 2. The van der Waals surface area contributed by atoms with E-state index in [1.54, 1.807) is 0 Å². The first-order chi connectivity index (χ1) is 11.8. The first-order valence-electron chi connectivity index (χ1n) is 6.85. The molecule has 1 N–H and O–H groups in total. The Balaban J connectivity index is 2.04. The van der Waals surface area contributed by atoms with E-state index in [4.69, 9.17) is 27.9 Å². The zero-order valence-corrected chi connectivity index (χ0v) is 14.2. The lowest BCUT2D eigenvalue weighted by Gasteiger charge is -2.13. The number of amides is 1. The number of non-ortho nitro benzene ring substituents is 1. The van der Waals surface area contributed by atoms with Crippen molar-refractivity contribution in [1.29, 1.82) is 0 Å². The summed E-state index contributed by atoms with van der Waals surface area (Å²) in [6.07, 6.45) is 0.114. The van der Waals surface area contributed by atoms with E-state index in [1.165, 1.54) is 37.4 Å². The van der Waals surface area contributed by atoms with Gasteiger partial charge in [0.2, 0.25) is 0 Å². The summed E-state index contributed by atoms with van der Waals surface area (Å²) in [5, 5.41) is 13.5. The van der Waals surface area contributed by atoms with Crippen LogP contribution in [0.1, 0.15) is 17.3 Å². The van der Waals surface area contributed by atoms with Crippen molar-refractivity contribution in [2.75, 3.05) is 5.32 Å². The molecule has 0 saturated carbocycles. The number of pyridine rings is 1. The molecule has 2 aromatic rings. The van der Waals surface area contributed by atoms with Crippen molar-refractivity contribution < 1.29 is 19.2 Å².